The van der Waals surface area contributed by atoms with Gasteiger partial charge in [-0.2, -0.15) is 5.10 Å². The Bertz CT molecular complexity index is 2790. The van der Waals surface area contributed by atoms with Gasteiger partial charge in [0.15, 0.2) is 17.2 Å². The molecule has 8 rings (SSSR count). The largest absolute Gasteiger partial charge is 0.496 e. The molecule has 0 aliphatic carbocycles. The molecule has 0 saturated heterocycles. The van der Waals surface area contributed by atoms with E-state index in [1.165, 1.54) is 22.3 Å². The molecule has 7 aromatic rings. The van der Waals surface area contributed by atoms with E-state index in [1.54, 1.807) is 31.1 Å². The molecule has 1 aliphatic rings. The molecule has 3 heterocycles. The molecular formula is C53H54N6O4. The summed E-state index contributed by atoms with van der Waals surface area (Å²) in [5, 5.41) is 11.8. The van der Waals surface area contributed by atoms with Gasteiger partial charge >= 0.3 is 0 Å². The Hall–Kier alpha value is -7.04. The maximum Gasteiger partial charge on any atom is 0.277 e. The molecule has 0 fully saturated rings. The van der Waals surface area contributed by atoms with Crippen LogP contribution in [0.5, 0.6) is 11.5 Å². The van der Waals surface area contributed by atoms with E-state index >= 15 is 0 Å². The SMILES string of the molecule is CCC(=O)c1ccc(-c2ccc(-c3nn(C)c(C(=O)Nc4cc5c(cc4NCc4ccc(C)cc4OC)CN(Cc4ccc(C)cc4C)C5)c3OCc3ccc(C)cc3)cc2)cn1. The van der Waals surface area contributed by atoms with Gasteiger partial charge in [-0.25, -0.2) is 0 Å². The van der Waals surface area contributed by atoms with E-state index in [-0.39, 0.29) is 18.3 Å². The number of aryl methyl sites for hydroxylation is 5. The zero-order valence-corrected chi connectivity index (χ0v) is 37.1. The molecule has 0 radical (unpaired) electrons. The number of aromatic nitrogens is 3. The van der Waals surface area contributed by atoms with Crippen molar-refractivity contribution in [2.75, 3.05) is 17.7 Å². The minimum atomic E-state index is -0.347. The zero-order valence-electron chi connectivity index (χ0n) is 37.1. The highest BCUT2D eigenvalue weighted by Crippen LogP contribution is 2.38. The van der Waals surface area contributed by atoms with Crippen LogP contribution >= 0.6 is 0 Å². The van der Waals surface area contributed by atoms with E-state index in [9.17, 15) is 9.59 Å². The number of ketones is 1. The Kier molecular flexibility index (Phi) is 12.5. The summed E-state index contributed by atoms with van der Waals surface area (Å²) in [4.78, 5) is 33.8. The van der Waals surface area contributed by atoms with Crippen LogP contribution in [0.15, 0.2) is 115 Å². The first kappa shape index (κ1) is 42.6. The zero-order chi connectivity index (χ0) is 44.2. The van der Waals surface area contributed by atoms with Gasteiger partial charge < -0.3 is 20.1 Å². The van der Waals surface area contributed by atoms with Crippen LogP contribution in [0.25, 0.3) is 22.4 Å². The fourth-order valence-corrected chi connectivity index (χ4v) is 8.17. The van der Waals surface area contributed by atoms with Crippen LogP contribution in [0.1, 0.15) is 84.4 Å². The first-order valence-electron chi connectivity index (χ1n) is 21.4. The highest BCUT2D eigenvalue weighted by Gasteiger charge is 2.28. The van der Waals surface area contributed by atoms with Crippen molar-refractivity contribution in [3.63, 3.8) is 0 Å². The highest BCUT2D eigenvalue weighted by atomic mass is 16.5. The Morgan fingerprint density at radius 3 is 2.05 bits per heavy atom. The summed E-state index contributed by atoms with van der Waals surface area (Å²) in [5.41, 5.74) is 15.8. The van der Waals surface area contributed by atoms with Crippen LogP contribution in [0, 0.1) is 27.7 Å². The molecule has 0 bridgehead atoms. The van der Waals surface area contributed by atoms with Gasteiger partial charge in [0.05, 0.1) is 18.5 Å². The number of benzene rings is 5. The van der Waals surface area contributed by atoms with Gasteiger partial charge in [-0.3, -0.25) is 24.2 Å². The van der Waals surface area contributed by atoms with Gasteiger partial charge in [0.1, 0.15) is 23.7 Å². The van der Waals surface area contributed by atoms with Crippen LogP contribution in [0.4, 0.5) is 11.4 Å². The van der Waals surface area contributed by atoms with Gasteiger partial charge in [-0.1, -0.05) is 103 Å². The first-order chi connectivity index (χ1) is 30.5. The molecule has 0 spiro atoms. The van der Waals surface area contributed by atoms with Gasteiger partial charge in [0.2, 0.25) is 0 Å². The smallest absolute Gasteiger partial charge is 0.277 e. The van der Waals surface area contributed by atoms with Gasteiger partial charge in [0, 0.05) is 62.5 Å². The molecule has 0 saturated carbocycles. The fraction of sp³-hybridized carbons (Fsp3) is 0.245. The maximum atomic E-state index is 14.8. The van der Waals surface area contributed by atoms with Gasteiger partial charge in [-0.15, -0.1) is 0 Å². The lowest BCUT2D eigenvalue weighted by molar-refractivity contribution is 0.0981. The van der Waals surface area contributed by atoms with Gasteiger partial charge in [0.25, 0.3) is 5.91 Å². The summed E-state index contributed by atoms with van der Waals surface area (Å²) in [5.74, 6) is 0.845. The molecule has 2 N–H and O–H groups in total. The lowest BCUT2D eigenvalue weighted by Gasteiger charge is -2.17. The summed E-state index contributed by atoms with van der Waals surface area (Å²) in [7, 11) is 3.46. The average molecular weight is 839 g/mol. The average Bonchev–Trinajstić information content (AvgIpc) is 3.84. The van der Waals surface area contributed by atoms with Crippen LogP contribution in [0.3, 0.4) is 0 Å². The van der Waals surface area contributed by atoms with Crippen molar-refractivity contribution < 1.29 is 19.1 Å². The Morgan fingerprint density at radius 1 is 0.730 bits per heavy atom. The number of nitrogens with one attached hydrogen (secondary N) is 2. The summed E-state index contributed by atoms with van der Waals surface area (Å²) < 4.78 is 13.9. The van der Waals surface area contributed by atoms with Crippen molar-refractivity contribution in [1.82, 2.24) is 19.7 Å². The summed E-state index contributed by atoms with van der Waals surface area (Å²) in [6.45, 7) is 13.3. The van der Waals surface area contributed by atoms with E-state index in [4.69, 9.17) is 14.6 Å². The van der Waals surface area contributed by atoms with Crippen molar-refractivity contribution in [3.05, 3.63) is 177 Å². The van der Waals surface area contributed by atoms with Crippen molar-refractivity contribution in [1.29, 1.82) is 0 Å². The van der Waals surface area contributed by atoms with Crippen molar-refractivity contribution in [3.8, 4) is 33.9 Å². The normalized spacial score (nSPS) is 12.2. The number of anilines is 2. The monoisotopic (exact) mass is 838 g/mol. The van der Waals surface area contributed by atoms with Crippen LogP contribution in [0.2, 0.25) is 0 Å². The van der Waals surface area contributed by atoms with E-state index in [1.807, 2.05) is 81.4 Å². The Balaban J connectivity index is 1.12. The predicted octanol–water partition coefficient (Wildman–Crippen LogP) is 10.9. The maximum absolute atomic E-state index is 14.8. The number of carbonyl (C=O) groups is 2. The molecule has 5 aromatic carbocycles. The number of carbonyl (C=O) groups excluding carboxylic acids is 2. The van der Waals surface area contributed by atoms with Crippen molar-refractivity contribution in [2.24, 2.45) is 7.05 Å². The van der Waals surface area contributed by atoms with Crippen molar-refractivity contribution >= 4 is 23.1 Å². The number of hydrogen-bond acceptors (Lipinski definition) is 8. The fourth-order valence-electron chi connectivity index (χ4n) is 8.17. The number of pyridine rings is 1. The number of fused-ring (bicyclic) bond motifs is 1. The number of ether oxygens (including phenoxy) is 2. The Morgan fingerprint density at radius 2 is 1.38 bits per heavy atom. The van der Waals surface area contributed by atoms with Crippen molar-refractivity contribution in [2.45, 2.75) is 73.8 Å². The lowest BCUT2D eigenvalue weighted by Crippen LogP contribution is -2.19. The number of methoxy groups -OCH3 is 1. The van der Waals surface area contributed by atoms with E-state index in [0.717, 1.165) is 75.6 Å². The Labute approximate surface area is 369 Å². The second-order valence-electron chi connectivity index (χ2n) is 16.6. The number of rotatable bonds is 15. The molecule has 1 aliphatic heterocycles. The molecule has 10 heteroatoms. The first-order valence-corrected chi connectivity index (χ1v) is 21.4. The number of amides is 1. The molecule has 2 aromatic heterocycles. The van der Waals surface area contributed by atoms with E-state index in [0.29, 0.717) is 41.5 Å². The lowest BCUT2D eigenvalue weighted by atomic mass is 10.0. The van der Waals surface area contributed by atoms with Gasteiger partial charge in [-0.05, 0) is 90.9 Å². The number of nitrogens with zero attached hydrogens (tertiary/aromatic N) is 4. The third kappa shape index (κ3) is 9.56. The molecule has 0 atom stereocenters. The highest BCUT2D eigenvalue weighted by molar-refractivity contribution is 6.08. The minimum Gasteiger partial charge on any atom is -0.496 e. The quantitative estimate of drug-likeness (QED) is 0.0982. The predicted molar refractivity (Wildman–Crippen MR) is 250 cm³/mol. The third-order valence-electron chi connectivity index (χ3n) is 11.8. The second kappa shape index (κ2) is 18.5. The van der Waals surface area contributed by atoms with Crippen LogP contribution in [-0.2, 0) is 39.8 Å². The molecule has 320 valence electrons. The minimum absolute atomic E-state index is 0.00669. The summed E-state index contributed by atoms with van der Waals surface area (Å²) in [6.07, 6.45) is 2.13. The number of hydrogen-bond donors (Lipinski definition) is 2. The van der Waals surface area contributed by atoms with E-state index < -0.39 is 0 Å². The summed E-state index contributed by atoms with van der Waals surface area (Å²) >= 11 is 0. The molecule has 0 unspecified atom stereocenters. The topological polar surface area (TPSA) is 111 Å². The standard InChI is InChI=1S/C53H54N6O4/c1-8-48(60)45-22-21-40(27-54-45)38-17-19-39(20-18-38)50-52(63-32-37-13-9-33(2)10-14-37)51(58(6)57-50)53(61)56-47-26-44-31-59(29-42-16-12-34(3)23-36(42)5)30-43(44)25-46(47)55-28-41-15-11-35(4)24-49(41)62-7/h9-27,55H,8,28-32H2,1-7H3,(H,56,61). The molecule has 63 heavy (non-hydrogen) atoms. The third-order valence-corrected chi connectivity index (χ3v) is 11.8. The molecule has 10 nitrogen and oxygen atoms in total. The number of Topliss-reactive ketones (excluding diaryl/α,β-unsaturated/α-hetero) is 1. The molecular weight excluding hydrogens is 785 g/mol. The summed E-state index contributed by atoms with van der Waals surface area (Å²) in [6, 6.07) is 36.8. The molecule has 1 amide bonds. The second-order valence-corrected chi connectivity index (χ2v) is 16.6. The van der Waals surface area contributed by atoms with Crippen LogP contribution in [-0.4, -0.2) is 38.5 Å². The van der Waals surface area contributed by atoms with Crippen LogP contribution < -0.4 is 20.1 Å². The van der Waals surface area contributed by atoms with E-state index in [2.05, 4.69) is 76.8 Å².